The first kappa shape index (κ1) is 7.74. The molecule has 0 saturated heterocycles. The van der Waals surface area contributed by atoms with Gasteiger partial charge in [-0.2, -0.15) is 0 Å². The molecule has 0 nitrogen and oxygen atoms in total. The molecule has 0 aromatic heterocycles. The smallest absolute Gasteiger partial charge is 0.0288 e. The van der Waals surface area contributed by atoms with Crippen LogP contribution in [0.2, 0.25) is 0 Å². The molecule has 0 aliphatic carbocycles. The molecule has 0 aromatic carbocycles. The van der Waals surface area contributed by atoms with Gasteiger partial charge in [0.05, 0.1) is 0 Å². The molecule has 0 heteroatoms. The van der Waals surface area contributed by atoms with Gasteiger partial charge in [0.2, 0.25) is 0 Å². The van der Waals surface area contributed by atoms with Crippen LogP contribution in [-0.2, 0) is 0 Å². The minimum Gasteiger partial charge on any atom is -0.0831 e. The van der Waals surface area contributed by atoms with Gasteiger partial charge in [0, 0.05) is 0 Å². The van der Waals surface area contributed by atoms with E-state index in [4.69, 9.17) is 0 Å². The molecule has 0 aromatic rings. The quantitative estimate of drug-likeness (QED) is 0.482. The molecule has 48 valence electrons. The predicted molar refractivity (Wildman–Crippen MR) is 38.9 cm³/mol. The molecule has 0 bridgehead atoms. The molecular weight excluding hydrogens is 96.1 g/mol. The van der Waals surface area contributed by atoms with E-state index < -0.39 is 0 Å². The normalized spacial score (nSPS) is 12.9. The highest BCUT2D eigenvalue weighted by atomic mass is 13.9. The molecule has 0 saturated carbocycles. The lowest BCUT2D eigenvalue weighted by atomic mass is 10.1. The van der Waals surface area contributed by atoms with Gasteiger partial charge in [0.1, 0.15) is 0 Å². The first-order valence-corrected chi connectivity index (χ1v) is 3.34. The van der Waals surface area contributed by atoms with Crippen LogP contribution >= 0.6 is 0 Å². The van der Waals surface area contributed by atoms with Crippen LogP contribution in [0.5, 0.6) is 0 Å². The fourth-order valence-corrected chi connectivity index (χ4v) is 0.687. The van der Waals surface area contributed by atoms with Crippen LogP contribution in [0.4, 0.5) is 0 Å². The van der Waals surface area contributed by atoms with Crippen molar-refractivity contribution < 1.29 is 0 Å². The van der Waals surface area contributed by atoms with Gasteiger partial charge in [-0.3, -0.25) is 0 Å². The lowest BCUT2D eigenvalue weighted by Crippen LogP contribution is -1.80. The van der Waals surface area contributed by atoms with Gasteiger partial charge in [-0.05, 0) is 19.3 Å². The summed E-state index contributed by atoms with van der Waals surface area (Å²) in [4.78, 5) is 0. The Balaban J connectivity index is 3.56. The van der Waals surface area contributed by atoms with Crippen molar-refractivity contribution in [2.24, 2.45) is 5.92 Å². The van der Waals surface area contributed by atoms with Crippen LogP contribution in [0.1, 0.15) is 34.1 Å². The third-order valence-corrected chi connectivity index (χ3v) is 1.18. The van der Waals surface area contributed by atoms with Crippen molar-refractivity contribution in [1.82, 2.24) is 0 Å². The summed E-state index contributed by atoms with van der Waals surface area (Å²) < 4.78 is 0. The minimum absolute atomic E-state index is 0.718. The van der Waals surface area contributed by atoms with Crippen molar-refractivity contribution in [2.75, 3.05) is 0 Å². The molecular formula is C8H16. The Kier molecular flexibility index (Phi) is 3.59. The third kappa shape index (κ3) is 3.91. The summed E-state index contributed by atoms with van der Waals surface area (Å²) in [5.41, 5.74) is 1.50. The second-order valence-corrected chi connectivity index (χ2v) is 2.61. The summed E-state index contributed by atoms with van der Waals surface area (Å²) in [6.45, 7) is 8.78. The second kappa shape index (κ2) is 3.71. The first-order valence-electron chi connectivity index (χ1n) is 3.34. The van der Waals surface area contributed by atoms with Crippen LogP contribution < -0.4 is 0 Å². The molecule has 0 rings (SSSR count). The fraction of sp³-hybridized carbons (Fsp3) is 0.750. The molecule has 0 fully saturated rings. The fourth-order valence-electron chi connectivity index (χ4n) is 0.687. The van der Waals surface area contributed by atoms with E-state index in [0.29, 0.717) is 0 Å². The molecule has 0 aliphatic heterocycles. The Bertz CT molecular complexity index is 78.0. The zero-order valence-electron chi connectivity index (χ0n) is 6.36. The third-order valence-electron chi connectivity index (χ3n) is 1.18. The molecule has 0 heterocycles. The molecule has 0 spiro atoms. The maximum atomic E-state index is 2.31. The monoisotopic (exact) mass is 112 g/mol. The van der Waals surface area contributed by atoms with Crippen molar-refractivity contribution in [3.63, 3.8) is 0 Å². The van der Waals surface area contributed by atoms with E-state index in [2.05, 4.69) is 33.8 Å². The minimum atomic E-state index is 0.718. The second-order valence-electron chi connectivity index (χ2n) is 2.61. The Morgan fingerprint density at radius 1 is 1.50 bits per heavy atom. The van der Waals surface area contributed by atoms with Crippen molar-refractivity contribution >= 4 is 0 Å². The maximum absolute atomic E-state index is 2.31. The van der Waals surface area contributed by atoms with E-state index in [1.54, 1.807) is 0 Å². The Morgan fingerprint density at radius 3 is 2.12 bits per heavy atom. The van der Waals surface area contributed by atoms with Crippen molar-refractivity contribution in [3.8, 4) is 0 Å². The first-order chi connectivity index (χ1) is 3.66. The van der Waals surface area contributed by atoms with Crippen molar-refractivity contribution in [2.45, 2.75) is 34.1 Å². The van der Waals surface area contributed by atoms with Gasteiger partial charge in [0.15, 0.2) is 0 Å². The Morgan fingerprint density at radius 2 is 2.00 bits per heavy atom. The largest absolute Gasteiger partial charge is 0.0831 e. The summed E-state index contributed by atoms with van der Waals surface area (Å²) in [5.74, 6) is 0.718. The van der Waals surface area contributed by atoms with Crippen molar-refractivity contribution in [3.05, 3.63) is 11.6 Å². The van der Waals surface area contributed by atoms with E-state index in [1.807, 2.05) is 0 Å². The van der Waals surface area contributed by atoms with E-state index in [-0.39, 0.29) is 0 Å². The predicted octanol–water partition coefficient (Wildman–Crippen LogP) is 3.00. The van der Waals surface area contributed by atoms with Gasteiger partial charge in [-0.25, -0.2) is 0 Å². The summed E-state index contributed by atoms with van der Waals surface area (Å²) in [7, 11) is 0. The zero-order valence-corrected chi connectivity index (χ0v) is 6.36. The van der Waals surface area contributed by atoms with Gasteiger partial charge in [-0.1, -0.05) is 32.4 Å². The van der Waals surface area contributed by atoms with E-state index in [9.17, 15) is 0 Å². The molecule has 0 aliphatic rings. The van der Waals surface area contributed by atoms with Gasteiger partial charge < -0.3 is 0 Å². The molecule has 0 unspecified atom stereocenters. The molecule has 0 amide bonds. The summed E-state index contributed by atoms with van der Waals surface area (Å²) >= 11 is 0. The lowest BCUT2D eigenvalue weighted by molar-refractivity contribution is 0.813. The highest BCUT2D eigenvalue weighted by molar-refractivity contribution is 4.97. The van der Waals surface area contributed by atoms with Crippen LogP contribution in [0.25, 0.3) is 0 Å². The topological polar surface area (TPSA) is 0 Å². The maximum Gasteiger partial charge on any atom is -0.0288 e. The average molecular weight is 112 g/mol. The van der Waals surface area contributed by atoms with E-state index in [1.165, 1.54) is 12.0 Å². The van der Waals surface area contributed by atoms with Gasteiger partial charge in [-0.15, -0.1) is 0 Å². The summed E-state index contributed by atoms with van der Waals surface area (Å²) in [6.07, 6.45) is 3.50. The standard InChI is InChI=1S/C8H16/c1-5-8(4)6-7(2)3/h6-7H,5H2,1-4H3/b8-6+. The Hall–Kier alpha value is -0.260. The zero-order chi connectivity index (χ0) is 6.57. The lowest BCUT2D eigenvalue weighted by Gasteiger charge is -1.97. The SMILES string of the molecule is CC/C(C)=C/C(C)C. The van der Waals surface area contributed by atoms with Crippen LogP contribution in [0.3, 0.4) is 0 Å². The van der Waals surface area contributed by atoms with E-state index in [0.717, 1.165) is 5.92 Å². The van der Waals surface area contributed by atoms with Crippen molar-refractivity contribution in [1.29, 1.82) is 0 Å². The Labute approximate surface area is 52.6 Å². The summed E-state index contributed by atoms with van der Waals surface area (Å²) in [5, 5.41) is 0. The number of hydrogen-bond acceptors (Lipinski definition) is 0. The number of hydrogen-bond donors (Lipinski definition) is 0. The average Bonchev–Trinajstić information content (AvgIpc) is 1.65. The van der Waals surface area contributed by atoms with Gasteiger partial charge in [0.25, 0.3) is 0 Å². The van der Waals surface area contributed by atoms with Crippen LogP contribution in [0.15, 0.2) is 11.6 Å². The molecule has 0 N–H and O–H groups in total. The van der Waals surface area contributed by atoms with E-state index >= 15 is 0 Å². The van der Waals surface area contributed by atoms with Gasteiger partial charge >= 0.3 is 0 Å². The molecule has 8 heavy (non-hydrogen) atoms. The molecule has 0 radical (unpaired) electrons. The molecule has 0 atom stereocenters. The highest BCUT2D eigenvalue weighted by Crippen LogP contribution is 2.03. The number of rotatable bonds is 2. The summed E-state index contributed by atoms with van der Waals surface area (Å²) in [6, 6.07) is 0. The van der Waals surface area contributed by atoms with Crippen LogP contribution in [-0.4, -0.2) is 0 Å². The van der Waals surface area contributed by atoms with Crippen LogP contribution in [0, 0.1) is 5.92 Å². The highest BCUT2D eigenvalue weighted by Gasteiger charge is 1.86. The number of allylic oxidation sites excluding steroid dienone is 2.